The zero-order valence-electron chi connectivity index (χ0n) is 15.4. The fraction of sp³-hybridized carbons (Fsp3) is 0.350. The number of carbonyl (C=O) groups is 1. The van der Waals surface area contributed by atoms with Gasteiger partial charge in [0.15, 0.2) is 0 Å². The van der Waals surface area contributed by atoms with Crippen LogP contribution in [-0.4, -0.2) is 50.9 Å². The number of nitrogens with zero attached hydrogens (tertiary/aromatic N) is 3. The summed E-state index contributed by atoms with van der Waals surface area (Å²) in [5, 5.41) is 13.8. The van der Waals surface area contributed by atoms with Crippen molar-refractivity contribution < 1.29 is 19.0 Å². The van der Waals surface area contributed by atoms with Crippen molar-refractivity contribution in [3.05, 3.63) is 59.4 Å². The fourth-order valence-electron chi connectivity index (χ4n) is 3.47. The number of aromatic nitrogens is 3. The Morgan fingerprint density at radius 1 is 1.43 bits per heavy atom. The number of fused-ring (bicyclic) bond motifs is 1. The Morgan fingerprint density at radius 2 is 2.29 bits per heavy atom. The zero-order valence-corrected chi connectivity index (χ0v) is 15.4. The maximum Gasteiger partial charge on any atom is 0.270 e. The van der Waals surface area contributed by atoms with Gasteiger partial charge in [0.2, 0.25) is 5.95 Å². The number of nitrogens with one attached hydrogen (secondary N) is 1. The number of aliphatic hydroxyl groups excluding tert-OH is 1. The molecule has 7 nitrogen and oxygen atoms in total. The molecule has 0 unspecified atom stereocenters. The van der Waals surface area contributed by atoms with Gasteiger partial charge in [0.05, 0.1) is 18.8 Å². The number of aryl methyl sites for hydroxylation is 1. The molecule has 1 aliphatic rings. The summed E-state index contributed by atoms with van der Waals surface area (Å²) in [5.74, 6) is -0.890. The lowest BCUT2D eigenvalue weighted by atomic mass is 10.0. The van der Waals surface area contributed by atoms with Gasteiger partial charge in [-0.15, -0.1) is 0 Å². The molecule has 1 aliphatic heterocycles. The molecule has 0 aromatic carbocycles. The first kappa shape index (κ1) is 18.5. The van der Waals surface area contributed by atoms with Gasteiger partial charge in [-0.05, 0) is 48.2 Å². The number of hydrogen-bond acceptors (Lipinski definition) is 5. The maximum absolute atomic E-state index is 13.5. The van der Waals surface area contributed by atoms with Crippen molar-refractivity contribution in [2.75, 3.05) is 13.2 Å². The number of carbonyl (C=O) groups excluding carboxylic acids is 1. The quantitative estimate of drug-likeness (QED) is 0.667. The van der Waals surface area contributed by atoms with Crippen LogP contribution in [0.15, 0.2) is 36.7 Å². The van der Waals surface area contributed by atoms with Crippen molar-refractivity contribution in [1.29, 1.82) is 0 Å². The van der Waals surface area contributed by atoms with Crippen LogP contribution in [0.1, 0.15) is 28.0 Å². The third-order valence-electron chi connectivity index (χ3n) is 4.98. The number of halogens is 1. The van der Waals surface area contributed by atoms with Gasteiger partial charge in [0.25, 0.3) is 5.91 Å². The summed E-state index contributed by atoms with van der Waals surface area (Å²) in [5.41, 5.74) is 2.56. The van der Waals surface area contributed by atoms with Crippen molar-refractivity contribution in [1.82, 2.24) is 19.9 Å². The maximum atomic E-state index is 13.5. The van der Waals surface area contributed by atoms with Gasteiger partial charge >= 0.3 is 0 Å². The zero-order chi connectivity index (χ0) is 19.7. The van der Waals surface area contributed by atoms with Crippen LogP contribution in [0.4, 0.5) is 4.39 Å². The van der Waals surface area contributed by atoms with E-state index in [1.807, 2.05) is 23.9 Å². The summed E-state index contributed by atoms with van der Waals surface area (Å²) in [6.45, 7) is 0.694. The molecular formula is C20H21FN4O3. The number of aliphatic hydroxyl groups is 1. The molecule has 3 aromatic rings. The molecular weight excluding hydrogens is 363 g/mol. The van der Waals surface area contributed by atoms with Crippen LogP contribution in [-0.2, 0) is 18.2 Å². The van der Waals surface area contributed by atoms with Gasteiger partial charge < -0.3 is 19.7 Å². The van der Waals surface area contributed by atoms with Crippen LogP contribution >= 0.6 is 0 Å². The lowest BCUT2D eigenvalue weighted by Crippen LogP contribution is -2.48. The second kappa shape index (κ2) is 7.65. The smallest absolute Gasteiger partial charge is 0.270 e. The lowest BCUT2D eigenvalue weighted by molar-refractivity contribution is -0.0261. The fourth-order valence-corrected chi connectivity index (χ4v) is 3.47. The van der Waals surface area contributed by atoms with Gasteiger partial charge in [-0.3, -0.25) is 4.79 Å². The van der Waals surface area contributed by atoms with Gasteiger partial charge in [-0.2, -0.15) is 4.39 Å². The summed E-state index contributed by atoms with van der Waals surface area (Å²) >= 11 is 0. The Labute approximate surface area is 161 Å². The molecule has 2 N–H and O–H groups in total. The second-order valence-corrected chi connectivity index (χ2v) is 7.01. The minimum Gasteiger partial charge on any atom is -0.389 e. The molecule has 1 saturated heterocycles. The summed E-state index contributed by atoms with van der Waals surface area (Å²) < 4.78 is 20.5. The Balaban J connectivity index is 1.67. The van der Waals surface area contributed by atoms with Gasteiger partial charge in [0.1, 0.15) is 11.3 Å². The molecule has 2 atom stereocenters. The normalized spacial score (nSPS) is 19.7. The molecule has 146 valence electrons. The topological polar surface area (TPSA) is 89.3 Å². The van der Waals surface area contributed by atoms with E-state index in [-0.39, 0.29) is 24.2 Å². The summed E-state index contributed by atoms with van der Waals surface area (Å²) in [7, 11) is 1.86. The summed E-state index contributed by atoms with van der Waals surface area (Å²) in [6, 6.07) is 6.41. The predicted octanol–water partition coefficient (Wildman–Crippen LogP) is 1.58. The average Bonchev–Trinajstić information content (AvgIpc) is 3.05. The highest BCUT2D eigenvalue weighted by Gasteiger charge is 2.26. The van der Waals surface area contributed by atoms with E-state index in [0.717, 1.165) is 16.5 Å². The third kappa shape index (κ3) is 3.74. The van der Waals surface area contributed by atoms with Crippen LogP contribution < -0.4 is 5.32 Å². The Hall–Kier alpha value is -2.84. The van der Waals surface area contributed by atoms with Crippen molar-refractivity contribution >= 4 is 16.9 Å². The average molecular weight is 384 g/mol. The monoisotopic (exact) mass is 384 g/mol. The Kier molecular flexibility index (Phi) is 5.06. The minimum atomic E-state index is -0.740. The minimum absolute atomic E-state index is 0.202. The highest BCUT2D eigenvalue weighted by atomic mass is 19.1. The summed E-state index contributed by atoms with van der Waals surface area (Å²) in [6.07, 6.45) is 3.55. The molecule has 0 saturated carbocycles. The largest absolute Gasteiger partial charge is 0.389 e. The first-order valence-electron chi connectivity index (χ1n) is 9.13. The van der Waals surface area contributed by atoms with E-state index in [4.69, 9.17) is 4.74 Å². The Bertz CT molecular complexity index is 1020. The standard InChI is InChI=1S/C20H21FN4O3/c1-25-6-3-14-13(8-12-2-5-22-18(21)9-12)10-16(23-19(14)25)20(27)24-15-4-7-28-11-17(15)26/h2-3,5-6,9-10,15,17,26H,4,7-8,11H2,1H3,(H,24,27)/t15-,17+/m0/s1. The van der Waals surface area contributed by atoms with Crippen molar-refractivity contribution in [2.24, 2.45) is 7.05 Å². The van der Waals surface area contributed by atoms with Crippen LogP contribution in [0.25, 0.3) is 11.0 Å². The number of pyridine rings is 2. The molecule has 1 fully saturated rings. The van der Waals surface area contributed by atoms with E-state index in [2.05, 4.69) is 15.3 Å². The molecule has 4 rings (SSSR count). The molecule has 8 heteroatoms. The second-order valence-electron chi connectivity index (χ2n) is 7.01. The van der Waals surface area contributed by atoms with E-state index in [1.165, 1.54) is 12.3 Å². The van der Waals surface area contributed by atoms with E-state index < -0.39 is 12.1 Å². The Morgan fingerprint density at radius 3 is 3.07 bits per heavy atom. The summed E-state index contributed by atoms with van der Waals surface area (Å²) in [4.78, 5) is 20.9. The molecule has 1 amide bonds. The molecule has 0 aliphatic carbocycles. The first-order chi connectivity index (χ1) is 13.5. The van der Waals surface area contributed by atoms with Gasteiger partial charge in [0, 0.05) is 31.4 Å². The number of rotatable bonds is 4. The van der Waals surface area contributed by atoms with E-state index in [9.17, 15) is 14.3 Å². The number of amides is 1. The van der Waals surface area contributed by atoms with Gasteiger partial charge in [-0.1, -0.05) is 0 Å². The van der Waals surface area contributed by atoms with Crippen molar-refractivity contribution in [3.63, 3.8) is 0 Å². The number of ether oxygens (including phenoxy) is 1. The highest BCUT2D eigenvalue weighted by Crippen LogP contribution is 2.22. The van der Waals surface area contributed by atoms with Crippen LogP contribution in [0.2, 0.25) is 0 Å². The highest BCUT2D eigenvalue weighted by molar-refractivity contribution is 5.95. The number of hydrogen-bond donors (Lipinski definition) is 2. The third-order valence-corrected chi connectivity index (χ3v) is 4.98. The van der Waals surface area contributed by atoms with E-state index >= 15 is 0 Å². The van der Waals surface area contributed by atoms with E-state index in [0.29, 0.717) is 25.1 Å². The molecule has 4 heterocycles. The van der Waals surface area contributed by atoms with Crippen LogP contribution in [0.3, 0.4) is 0 Å². The molecule has 28 heavy (non-hydrogen) atoms. The van der Waals surface area contributed by atoms with E-state index in [1.54, 1.807) is 12.1 Å². The molecule has 0 spiro atoms. The van der Waals surface area contributed by atoms with Crippen LogP contribution in [0, 0.1) is 5.95 Å². The molecule has 0 bridgehead atoms. The van der Waals surface area contributed by atoms with Crippen molar-refractivity contribution in [2.45, 2.75) is 25.0 Å². The predicted molar refractivity (Wildman–Crippen MR) is 100 cm³/mol. The van der Waals surface area contributed by atoms with Gasteiger partial charge in [-0.25, -0.2) is 9.97 Å². The SMILES string of the molecule is Cn1ccc2c(Cc3ccnc(F)c3)cc(C(=O)N[C@H]3CCOC[C@H]3O)nc21. The lowest BCUT2D eigenvalue weighted by Gasteiger charge is -2.28. The van der Waals surface area contributed by atoms with Crippen LogP contribution in [0.5, 0.6) is 0 Å². The molecule has 3 aromatic heterocycles. The van der Waals surface area contributed by atoms with Crippen molar-refractivity contribution in [3.8, 4) is 0 Å². The first-order valence-corrected chi connectivity index (χ1v) is 9.13. The molecule has 0 radical (unpaired) electrons.